The van der Waals surface area contributed by atoms with Crippen molar-refractivity contribution in [3.63, 3.8) is 0 Å². The maximum atomic E-state index is 11.7. The van der Waals surface area contributed by atoms with E-state index in [1.165, 1.54) is 25.7 Å². The van der Waals surface area contributed by atoms with Gasteiger partial charge in [-0.3, -0.25) is 10.1 Å². The molecule has 2 heterocycles. The van der Waals surface area contributed by atoms with E-state index in [4.69, 9.17) is 5.73 Å². The largest absolute Gasteiger partial charge is 0.453 e. The number of hydrogen-bond donors (Lipinski definition) is 2. The van der Waals surface area contributed by atoms with Gasteiger partial charge in [-0.2, -0.15) is 15.0 Å². The van der Waals surface area contributed by atoms with Gasteiger partial charge in [-0.25, -0.2) is 9.48 Å². The average Bonchev–Trinajstić information content (AvgIpc) is 2.98. The fourth-order valence-corrected chi connectivity index (χ4v) is 1.25. The number of carbonyl (C=O) groups excluding carboxylic acids is 2. The molecule has 0 saturated carbocycles. The van der Waals surface area contributed by atoms with Crippen molar-refractivity contribution in [3.05, 3.63) is 18.6 Å². The van der Waals surface area contributed by atoms with Crippen molar-refractivity contribution in [2.75, 3.05) is 18.2 Å². The molecule has 0 atom stereocenters. The van der Waals surface area contributed by atoms with Crippen molar-refractivity contribution in [2.45, 2.75) is 6.54 Å². The lowest BCUT2D eigenvalue weighted by Crippen LogP contribution is -2.20. The Morgan fingerprint density at radius 2 is 2.21 bits per heavy atom. The highest BCUT2D eigenvalue weighted by Gasteiger charge is 2.10. The molecule has 0 fully saturated rings. The Kier molecular flexibility index (Phi) is 3.41. The number of methoxy groups -OCH3 is 1. The van der Waals surface area contributed by atoms with Crippen LogP contribution in [0.15, 0.2) is 18.6 Å². The molecule has 0 radical (unpaired) electrons. The molecule has 10 heteroatoms. The van der Waals surface area contributed by atoms with Gasteiger partial charge in [-0.15, -0.1) is 5.10 Å². The summed E-state index contributed by atoms with van der Waals surface area (Å²) >= 11 is 0. The number of nitrogens with one attached hydrogen (secondary N) is 1. The summed E-state index contributed by atoms with van der Waals surface area (Å²) in [5.41, 5.74) is 5.83. The van der Waals surface area contributed by atoms with Crippen LogP contribution in [0.4, 0.5) is 16.3 Å². The van der Waals surface area contributed by atoms with Crippen molar-refractivity contribution in [3.8, 4) is 0 Å². The molecule has 2 aromatic rings. The third kappa shape index (κ3) is 3.06. The molecule has 2 rings (SSSR count). The molecule has 0 aliphatic rings. The van der Waals surface area contributed by atoms with Crippen molar-refractivity contribution in [2.24, 2.45) is 0 Å². The molecule has 0 spiro atoms. The molecule has 10 nitrogen and oxygen atoms in total. The smallest absolute Gasteiger partial charge is 0.412 e. The van der Waals surface area contributed by atoms with Gasteiger partial charge in [-0.1, -0.05) is 0 Å². The first-order valence-electron chi connectivity index (χ1n) is 5.17. The molecule has 19 heavy (non-hydrogen) atoms. The number of amides is 1. The van der Waals surface area contributed by atoms with Crippen LogP contribution >= 0.6 is 0 Å². The summed E-state index contributed by atoms with van der Waals surface area (Å²) in [6, 6.07) is 0. The van der Waals surface area contributed by atoms with Crippen molar-refractivity contribution >= 4 is 23.5 Å². The zero-order valence-electron chi connectivity index (χ0n) is 9.98. The van der Waals surface area contributed by atoms with Gasteiger partial charge in [0.2, 0.25) is 0 Å². The lowest BCUT2D eigenvalue weighted by molar-refractivity contribution is 0.0864. The molecular weight excluding hydrogens is 254 g/mol. The first-order valence-corrected chi connectivity index (χ1v) is 5.17. The van der Waals surface area contributed by atoms with Gasteiger partial charge in [0.15, 0.2) is 5.82 Å². The zero-order chi connectivity index (χ0) is 13.8. The van der Waals surface area contributed by atoms with E-state index in [0.717, 1.165) is 9.48 Å². The predicted molar refractivity (Wildman–Crippen MR) is 63.3 cm³/mol. The van der Waals surface area contributed by atoms with Crippen LogP contribution in [0.3, 0.4) is 0 Å². The van der Waals surface area contributed by atoms with Crippen molar-refractivity contribution < 1.29 is 14.3 Å². The van der Waals surface area contributed by atoms with Gasteiger partial charge >= 0.3 is 6.09 Å². The summed E-state index contributed by atoms with van der Waals surface area (Å²) in [4.78, 5) is 23.8. The van der Waals surface area contributed by atoms with E-state index < -0.39 is 6.09 Å². The molecule has 0 saturated heterocycles. The maximum absolute atomic E-state index is 11.7. The third-order valence-corrected chi connectivity index (χ3v) is 2.09. The van der Waals surface area contributed by atoms with Gasteiger partial charge in [-0.05, 0) is 0 Å². The van der Waals surface area contributed by atoms with Crippen LogP contribution < -0.4 is 11.1 Å². The first kappa shape index (κ1) is 12.5. The monoisotopic (exact) mass is 265 g/mol. The minimum atomic E-state index is -0.668. The van der Waals surface area contributed by atoms with Crippen LogP contribution in [0.5, 0.6) is 0 Å². The number of rotatable bonds is 3. The summed E-state index contributed by atoms with van der Waals surface area (Å²) in [5, 5.41) is 13.8. The zero-order valence-corrected chi connectivity index (χ0v) is 9.98. The minimum absolute atomic E-state index is 0.135. The molecule has 3 N–H and O–H groups in total. The highest BCUT2D eigenvalue weighted by atomic mass is 16.5. The number of nitrogen functional groups attached to an aromatic ring is 1. The number of aromatic nitrogens is 5. The van der Waals surface area contributed by atoms with Gasteiger partial charge in [0, 0.05) is 0 Å². The standard InChI is InChI=1S/C9H11N7O3/c1-19-9(18)13-7-3-12-16(14-7)5-8(17)15-4-6(10)2-11-15/h2-4H,5,10H2,1H3,(H,13,14,18). The molecule has 0 bridgehead atoms. The van der Waals surface area contributed by atoms with Crippen molar-refractivity contribution in [1.29, 1.82) is 0 Å². The summed E-state index contributed by atoms with van der Waals surface area (Å²) in [6.45, 7) is -0.135. The Morgan fingerprint density at radius 1 is 1.42 bits per heavy atom. The highest BCUT2D eigenvalue weighted by molar-refractivity contribution is 5.82. The topological polar surface area (TPSA) is 130 Å². The summed E-state index contributed by atoms with van der Waals surface area (Å²) in [6.07, 6.45) is 3.37. The Hall–Kier alpha value is -2.91. The quantitative estimate of drug-likeness (QED) is 0.770. The lowest BCUT2D eigenvalue weighted by atomic mass is 10.6. The van der Waals surface area contributed by atoms with Crippen molar-refractivity contribution in [1.82, 2.24) is 24.8 Å². The molecule has 0 unspecified atom stereocenters. The maximum Gasteiger partial charge on any atom is 0.412 e. The Balaban J connectivity index is 2.00. The van der Waals surface area contributed by atoms with E-state index in [0.29, 0.717) is 5.69 Å². The summed E-state index contributed by atoms with van der Waals surface area (Å²) in [7, 11) is 1.23. The predicted octanol–water partition coefficient (Wildman–Crippen LogP) is -0.425. The van der Waals surface area contributed by atoms with Crippen LogP contribution in [0, 0.1) is 0 Å². The molecule has 1 amide bonds. The van der Waals surface area contributed by atoms with Gasteiger partial charge in [0.05, 0.1) is 31.4 Å². The summed E-state index contributed by atoms with van der Waals surface area (Å²) < 4.78 is 5.48. The van der Waals surface area contributed by atoms with Crippen LogP contribution in [0.2, 0.25) is 0 Å². The highest BCUT2D eigenvalue weighted by Crippen LogP contribution is 2.01. The normalized spacial score (nSPS) is 10.2. The van der Waals surface area contributed by atoms with Crippen LogP contribution in [0.1, 0.15) is 4.79 Å². The summed E-state index contributed by atoms with van der Waals surface area (Å²) in [5.74, 6) is -0.184. The van der Waals surface area contributed by atoms with E-state index in [2.05, 4.69) is 25.3 Å². The average molecular weight is 265 g/mol. The van der Waals surface area contributed by atoms with E-state index >= 15 is 0 Å². The molecule has 0 aliphatic heterocycles. The van der Waals surface area contributed by atoms with Gasteiger partial charge in [0.25, 0.3) is 5.91 Å². The van der Waals surface area contributed by atoms with E-state index in [-0.39, 0.29) is 18.3 Å². The second-order valence-corrected chi connectivity index (χ2v) is 3.49. The lowest BCUT2D eigenvalue weighted by Gasteiger charge is -1.99. The second-order valence-electron chi connectivity index (χ2n) is 3.49. The molecular formula is C9H11N7O3. The Bertz CT molecular complexity index is 602. The number of hydrogen-bond acceptors (Lipinski definition) is 7. The Labute approximate surface area is 107 Å². The Morgan fingerprint density at radius 3 is 2.84 bits per heavy atom. The number of ether oxygens (including phenoxy) is 1. The molecule has 0 aliphatic carbocycles. The fourth-order valence-electron chi connectivity index (χ4n) is 1.25. The van der Waals surface area contributed by atoms with Gasteiger partial charge in [0.1, 0.15) is 6.54 Å². The number of anilines is 2. The number of carbonyl (C=O) groups is 2. The van der Waals surface area contributed by atoms with Crippen LogP contribution in [-0.2, 0) is 11.3 Å². The van der Waals surface area contributed by atoms with E-state index in [9.17, 15) is 9.59 Å². The molecule has 100 valence electrons. The number of nitrogens with zero attached hydrogens (tertiary/aromatic N) is 5. The third-order valence-electron chi connectivity index (χ3n) is 2.09. The van der Waals surface area contributed by atoms with Crippen LogP contribution in [-0.4, -0.2) is 43.9 Å². The van der Waals surface area contributed by atoms with Crippen LogP contribution in [0.25, 0.3) is 0 Å². The van der Waals surface area contributed by atoms with Gasteiger partial charge < -0.3 is 10.5 Å². The van der Waals surface area contributed by atoms with E-state index in [1.807, 2.05) is 0 Å². The second kappa shape index (κ2) is 5.16. The number of nitrogens with two attached hydrogens (primary N) is 1. The van der Waals surface area contributed by atoms with E-state index in [1.54, 1.807) is 0 Å². The first-order chi connectivity index (χ1) is 9.08. The SMILES string of the molecule is COC(=O)Nc1cnn(CC(=O)n2cc(N)cn2)n1. The fraction of sp³-hybridized carbons (Fsp3) is 0.222. The molecule has 0 aromatic carbocycles. The molecule has 2 aromatic heterocycles. The minimum Gasteiger partial charge on any atom is -0.453 e.